The van der Waals surface area contributed by atoms with Crippen LogP contribution in [0.5, 0.6) is 5.75 Å². The zero-order valence-electron chi connectivity index (χ0n) is 9.44. The van der Waals surface area contributed by atoms with Crippen LogP contribution in [0, 0.1) is 0 Å². The fourth-order valence-corrected chi connectivity index (χ4v) is 1.71. The Balaban J connectivity index is 2.88. The summed E-state index contributed by atoms with van der Waals surface area (Å²) < 4.78 is 9.76. The van der Waals surface area contributed by atoms with Gasteiger partial charge in [0.15, 0.2) is 5.43 Å². The zero-order chi connectivity index (χ0) is 12.4. The molecule has 1 aromatic heterocycles. The minimum atomic E-state index is -0.500. The lowest BCUT2D eigenvalue weighted by Crippen LogP contribution is -2.08. The van der Waals surface area contributed by atoms with E-state index in [1.807, 2.05) is 0 Å². The van der Waals surface area contributed by atoms with Gasteiger partial charge in [0, 0.05) is 12.3 Å². The maximum atomic E-state index is 11.8. The summed E-state index contributed by atoms with van der Waals surface area (Å²) in [6.07, 6.45) is 1.48. The molecule has 2 aromatic rings. The second-order valence-corrected chi connectivity index (χ2v) is 3.40. The van der Waals surface area contributed by atoms with Crippen LogP contribution in [0.2, 0.25) is 0 Å². The molecule has 0 saturated carbocycles. The van der Waals surface area contributed by atoms with Gasteiger partial charge in [-0.25, -0.2) is 4.79 Å². The molecule has 0 atom stereocenters. The standard InChI is InChI=1S/C12H11NO4/c1-16-9-4-3-7(12(15)17-2)11-10(9)8(14)5-6-13-11/h3-6H,1-2H3,(H,13,14). The van der Waals surface area contributed by atoms with Gasteiger partial charge in [0.05, 0.1) is 30.7 Å². The Kier molecular flexibility index (Phi) is 2.82. The van der Waals surface area contributed by atoms with Gasteiger partial charge < -0.3 is 14.5 Å². The van der Waals surface area contributed by atoms with Gasteiger partial charge in [0.2, 0.25) is 0 Å². The van der Waals surface area contributed by atoms with E-state index in [0.29, 0.717) is 22.2 Å². The van der Waals surface area contributed by atoms with Crippen molar-refractivity contribution in [2.75, 3.05) is 14.2 Å². The van der Waals surface area contributed by atoms with Gasteiger partial charge in [-0.05, 0) is 12.1 Å². The van der Waals surface area contributed by atoms with Gasteiger partial charge in [-0.1, -0.05) is 0 Å². The van der Waals surface area contributed by atoms with E-state index in [-0.39, 0.29) is 5.43 Å². The summed E-state index contributed by atoms with van der Waals surface area (Å²) in [7, 11) is 2.76. The number of hydrogen-bond donors (Lipinski definition) is 1. The molecule has 0 amide bonds. The number of rotatable bonds is 2. The van der Waals surface area contributed by atoms with E-state index >= 15 is 0 Å². The first-order valence-corrected chi connectivity index (χ1v) is 4.95. The number of aromatic amines is 1. The van der Waals surface area contributed by atoms with E-state index in [1.54, 1.807) is 12.1 Å². The van der Waals surface area contributed by atoms with Crippen molar-refractivity contribution in [1.29, 1.82) is 0 Å². The number of benzene rings is 1. The first-order chi connectivity index (χ1) is 8.19. The minimum absolute atomic E-state index is 0.207. The third-order valence-electron chi connectivity index (χ3n) is 2.50. The lowest BCUT2D eigenvalue weighted by Gasteiger charge is -2.08. The van der Waals surface area contributed by atoms with Crippen LogP contribution in [0.25, 0.3) is 10.9 Å². The number of fused-ring (bicyclic) bond motifs is 1. The predicted molar refractivity (Wildman–Crippen MR) is 62.5 cm³/mol. The summed E-state index contributed by atoms with van der Waals surface area (Å²) in [6.45, 7) is 0. The average Bonchev–Trinajstić information content (AvgIpc) is 2.37. The van der Waals surface area contributed by atoms with E-state index < -0.39 is 5.97 Å². The average molecular weight is 233 g/mol. The Labute approximate surface area is 97.0 Å². The summed E-state index contributed by atoms with van der Waals surface area (Å²) in [5.41, 5.74) is 0.519. The summed E-state index contributed by atoms with van der Waals surface area (Å²) in [4.78, 5) is 26.2. The number of methoxy groups -OCH3 is 2. The molecule has 0 unspecified atom stereocenters. The Bertz CT molecular complexity index is 630. The molecule has 0 aliphatic rings. The van der Waals surface area contributed by atoms with Crippen molar-refractivity contribution in [3.05, 3.63) is 40.2 Å². The Morgan fingerprint density at radius 1 is 1.24 bits per heavy atom. The monoisotopic (exact) mass is 233 g/mol. The van der Waals surface area contributed by atoms with E-state index in [9.17, 15) is 9.59 Å². The van der Waals surface area contributed by atoms with Crippen molar-refractivity contribution in [2.24, 2.45) is 0 Å². The highest BCUT2D eigenvalue weighted by Gasteiger charge is 2.15. The number of nitrogens with one attached hydrogen (secondary N) is 1. The molecule has 88 valence electrons. The first kappa shape index (κ1) is 11.2. The molecule has 1 N–H and O–H groups in total. The van der Waals surface area contributed by atoms with Crippen LogP contribution in [0.3, 0.4) is 0 Å². The molecule has 5 heteroatoms. The number of carbonyl (C=O) groups is 1. The number of ether oxygens (including phenoxy) is 2. The maximum Gasteiger partial charge on any atom is 0.340 e. The van der Waals surface area contributed by atoms with E-state index in [4.69, 9.17) is 4.74 Å². The van der Waals surface area contributed by atoms with Gasteiger partial charge >= 0.3 is 5.97 Å². The fraction of sp³-hybridized carbons (Fsp3) is 0.167. The predicted octanol–water partition coefficient (Wildman–Crippen LogP) is 1.32. The van der Waals surface area contributed by atoms with Crippen LogP contribution < -0.4 is 10.2 Å². The number of esters is 1. The molecule has 5 nitrogen and oxygen atoms in total. The third kappa shape index (κ3) is 1.75. The number of carbonyl (C=O) groups excluding carboxylic acids is 1. The number of aromatic nitrogens is 1. The molecular formula is C12H11NO4. The fourth-order valence-electron chi connectivity index (χ4n) is 1.71. The topological polar surface area (TPSA) is 68.4 Å². The van der Waals surface area contributed by atoms with Crippen LogP contribution in [0.15, 0.2) is 29.2 Å². The van der Waals surface area contributed by atoms with Crippen molar-refractivity contribution < 1.29 is 14.3 Å². The molecule has 2 rings (SSSR count). The summed E-state index contributed by atoms with van der Waals surface area (Å²) in [6, 6.07) is 4.51. The van der Waals surface area contributed by atoms with Crippen molar-refractivity contribution in [3.8, 4) is 5.75 Å². The lowest BCUT2D eigenvalue weighted by molar-refractivity contribution is 0.0603. The Hall–Kier alpha value is -2.30. The van der Waals surface area contributed by atoms with E-state index in [1.165, 1.54) is 26.5 Å². The lowest BCUT2D eigenvalue weighted by atomic mass is 10.1. The molecular weight excluding hydrogens is 222 g/mol. The van der Waals surface area contributed by atoms with Crippen molar-refractivity contribution in [3.63, 3.8) is 0 Å². The molecule has 0 fully saturated rings. The smallest absolute Gasteiger partial charge is 0.340 e. The van der Waals surface area contributed by atoms with Gasteiger partial charge in [0.1, 0.15) is 5.75 Å². The van der Waals surface area contributed by atoms with E-state index in [2.05, 4.69) is 9.72 Å². The third-order valence-corrected chi connectivity index (χ3v) is 2.50. The highest BCUT2D eigenvalue weighted by atomic mass is 16.5. The van der Waals surface area contributed by atoms with Crippen LogP contribution in [0.1, 0.15) is 10.4 Å². The first-order valence-electron chi connectivity index (χ1n) is 4.95. The number of H-pyrrole nitrogens is 1. The minimum Gasteiger partial charge on any atom is -0.496 e. The largest absolute Gasteiger partial charge is 0.496 e. The molecule has 0 bridgehead atoms. The van der Waals surface area contributed by atoms with Crippen molar-refractivity contribution in [1.82, 2.24) is 4.98 Å². The molecule has 0 aliphatic carbocycles. The van der Waals surface area contributed by atoms with Crippen LogP contribution in [-0.2, 0) is 4.74 Å². The molecule has 17 heavy (non-hydrogen) atoms. The number of hydrogen-bond acceptors (Lipinski definition) is 4. The quantitative estimate of drug-likeness (QED) is 0.794. The van der Waals surface area contributed by atoms with Gasteiger partial charge in [-0.3, -0.25) is 4.79 Å². The number of pyridine rings is 1. The Morgan fingerprint density at radius 3 is 2.65 bits per heavy atom. The highest BCUT2D eigenvalue weighted by molar-refractivity contribution is 6.04. The molecule has 0 saturated heterocycles. The van der Waals surface area contributed by atoms with Crippen LogP contribution in [-0.4, -0.2) is 25.2 Å². The molecule has 1 aromatic carbocycles. The molecule has 1 heterocycles. The molecule has 0 aliphatic heterocycles. The highest BCUT2D eigenvalue weighted by Crippen LogP contribution is 2.24. The van der Waals surface area contributed by atoms with Crippen molar-refractivity contribution in [2.45, 2.75) is 0 Å². The summed E-state index contributed by atoms with van der Waals surface area (Å²) in [5, 5.41) is 0.345. The van der Waals surface area contributed by atoms with Gasteiger partial charge in [-0.2, -0.15) is 0 Å². The van der Waals surface area contributed by atoms with Gasteiger partial charge in [0.25, 0.3) is 0 Å². The normalized spacial score (nSPS) is 10.2. The van der Waals surface area contributed by atoms with Crippen molar-refractivity contribution >= 4 is 16.9 Å². The molecule has 0 radical (unpaired) electrons. The Morgan fingerprint density at radius 2 is 2.00 bits per heavy atom. The van der Waals surface area contributed by atoms with Crippen LogP contribution in [0.4, 0.5) is 0 Å². The molecule has 0 spiro atoms. The van der Waals surface area contributed by atoms with Gasteiger partial charge in [-0.15, -0.1) is 0 Å². The summed E-state index contributed by atoms with van der Waals surface area (Å²) >= 11 is 0. The maximum absolute atomic E-state index is 11.8. The van der Waals surface area contributed by atoms with Crippen LogP contribution >= 0.6 is 0 Å². The van der Waals surface area contributed by atoms with E-state index in [0.717, 1.165) is 0 Å². The summed E-state index contributed by atoms with van der Waals surface area (Å²) in [5.74, 6) is -0.0750. The zero-order valence-corrected chi connectivity index (χ0v) is 9.44. The second-order valence-electron chi connectivity index (χ2n) is 3.40. The SMILES string of the molecule is COC(=O)c1ccc(OC)c2c(=O)cc[nH]c12. The second kappa shape index (κ2) is 4.29.